The molecule has 1 aromatic heterocycles. The highest BCUT2D eigenvalue weighted by molar-refractivity contribution is 7.88. The molecule has 33 heavy (non-hydrogen) atoms. The molecule has 1 fully saturated rings. The molecule has 0 atom stereocenters. The van der Waals surface area contributed by atoms with Gasteiger partial charge in [-0.05, 0) is 43.9 Å². The summed E-state index contributed by atoms with van der Waals surface area (Å²) in [6, 6.07) is 8.10. The Bertz CT molecular complexity index is 1270. The van der Waals surface area contributed by atoms with E-state index in [1.165, 1.54) is 18.6 Å². The van der Waals surface area contributed by atoms with Crippen molar-refractivity contribution in [3.8, 4) is 11.5 Å². The van der Waals surface area contributed by atoms with Gasteiger partial charge >= 0.3 is 0 Å². The Morgan fingerprint density at radius 2 is 1.88 bits per heavy atom. The van der Waals surface area contributed by atoms with Crippen molar-refractivity contribution in [1.82, 2.24) is 14.7 Å². The molecule has 8 nitrogen and oxygen atoms in total. The second-order valence-electron chi connectivity index (χ2n) is 7.95. The van der Waals surface area contributed by atoms with Crippen molar-refractivity contribution in [2.75, 3.05) is 18.7 Å². The molecule has 0 saturated heterocycles. The molecule has 11 heteroatoms. The van der Waals surface area contributed by atoms with Crippen LogP contribution in [0.5, 0.6) is 11.5 Å². The van der Waals surface area contributed by atoms with Crippen molar-refractivity contribution in [3.05, 3.63) is 47.5 Å². The summed E-state index contributed by atoms with van der Waals surface area (Å²) in [6.07, 6.45) is 5.19. The van der Waals surface area contributed by atoms with Crippen LogP contribution in [0.25, 0.3) is 10.9 Å². The van der Waals surface area contributed by atoms with E-state index in [4.69, 9.17) is 21.1 Å². The lowest BCUT2D eigenvalue weighted by Crippen LogP contribution is -2.39. The number of nitrogens with zero attached hydrogens (tertiary/aromatic N) is 2. The van der Waals surface area contributed by atoms with E-state index in [1.807, 2.05) is 0 Å². The lowest BCUT2D eigenvalue weighted by atomic mass is 9.93. The maximum absolute atomic E-state index is 14.4. The standard InChI is InChI=1S/C22H24ClFN4O4S/c1-31-19-11-18-15(22(26-12-25-18)27-17-5-3-4-16(23)21(17)24)10-20(19)32-14-8-6-13(7-9-14)28-33(2,29)30/h3-5,10-14,28H,6-9H2,1-2H3,(H,25,26,27)/t13-,14-. The largest absolute Gasteiger partial charge is 0.493 e. The SMILES string of the molecule is COc1cc2ncnc(Nc3cccc(Cl)c3F)c2cc1O[C@H]1CC[C@H](NS(C)(=O)=O)CC1. The highest BCUT2D eigenvalue weighted by Gasteiger charge is 2.25. The first-order chi connectivity index (χ1) is 15.7. The maximum Gasteiger partial charge on any atom is 0.208 e. The fourth-order valence-electron chi connectivity index (χ4n) is 3.92. The van der Waals surface area contributed by atoms with Gasteiger partial charge in [0.25, 0.3) is 0 Å². The summed E-state index contributed by atoms with van der Waals surface area (Å²) >= 11 is 5.90. The molecule has 1 aliphatic carbocycles. The first kappa shape index (κ1) is 23.5. The van der Waals surface area contributed by atoms with Gasteiger partial charge in [-0.15, -0.1) is 0 Å². The van der Waals surface area contributed by atoms with E-state index in [0.717, 1.165) is 0 Å². The number of aromatic nitrogens is 2. The van der Waals surface area contributed by atoms with Gasteiger partial charge in [0.2, 0.25) is 10.0 Å². The summed E-state index contributed by atoms with van der Waals surface area (Å²) in [6.45, 7) is 0. The third-order valence-electron chi connectivity index (χ3n) is 5.47. The van der Waals surface area contributed by atoms with Gasteiger partial charge in [-0.2, -0.15) is 0 Å². The molecule has 0 unspecified atom stereocenters. The third kappa shape index (κ3) is 5.63. The average Bonchev–Trinajstić information content (AvgIpc) is 2.77. The van der Waals surface area contributed by atoms with Crippen molar-refractivity contribution >= 4 is 44.0 Å². The number of rotatable bonds is 7. The number of benzene rings is 2. The van der Waals surface area contributed by atoms with Gasteiger partial charge in [0.05, 0.1) is 35.7 Å². The molecule has 1 aliphatic rings. The van der Waals surface area contributed by atoms with Crippen LogP contribution in [0.2, 0.25) is 5.02 Å². The zero-order chi connectivity index (χ0) is 23.6. The number of ether oxygens (including phenoxy) is 2. The maximum atomic E-state index is 14.4. The summed E-state index contributed by atoms with van der Waals surface area (Å²) in [5.41, 5.74) is 0.790. The molecule has 0 radical (unpaired) electrons. The molecule has 4 rings (SSSR count). The van der Waals surface area contributed by atoms with Crippen LogP contribution in [0.4, 0.5) is 15.9 Å². The number of fused-ring (bicyclic) bond motifs is 1. The predicted molar refractivity (Wildman–Crippen MR) is 125 cm³/mol. The molecular weight excluding hydrogens is 471 g/mol. The van der Waals surface area contributed by atoms with Crippen LogP contribution in [0, 0.1) is 5.82 Å². The number of hydrogen-bond acceptors (Lipinski definition) is 7. The molecule has 1 heterocycles. The Hall–Kier alpha value is -2.69. The van der Waals surface area contributed by atoms with E-state index in [0.29, 0.717) is 53.9 Å². The minimum atomic E-state index is -3.24. The van der Waals surface area contributed by atoms with Crippen molar-refractivity contribution in [2.24, 2.45) is 0 Å². The first-order valence-corrected chi connectivity index (χ1v) is 12.7. The fraction of sp³-hybridized carbons (Fsp3) is 0.364. The normalized spacial score (nSPS) is 18.8. The molecule has 176 valence electrons. The summed E-state index contributed by atoms with van der Waals surface area (Å²) in [4.78, 5) is 8.56. The van der Waals surface area contributed by atoms with Gasteiger partial charge in [-0.25, -0.2) is 27.5 Å². The smallest absolute Gasteiger partial charge is 0.208 e. The number of anilines is 2. The van der Waals surface area contributed by atoms with Crippen LogP contribution in [0.15, 0.2) is 36.7 Å². The Balaban J connectivity index is 1.58. The highest BCUT2D eigenvalue weighted by Crippen LogP contribution is 2.37. The highest BCUT2D eigenvalue weighted by atomic mass is 35.5. The minimum absolute atomic E-state index is 0.00465. The van der Waals surface area contributed by atoms with Crippen molar-refractivity contribution in [3.63, 3.8) is 0 Å². The second-order valence-corrected chi connectivity index (χ2v) is 10.1. The molecule has 3 aromatic rings. The van der Waals surface area contributed by atoms with Crippen LogP contribution in [0.3, 0.4) is 0 Å². The van der Waals surface area contributed by atoms with Crippen LogP contribution < -0.4 is 19.5 Å². The number of nitrogens with one attached hydrogen (secondary N) is 2. The molecule has 2 aromatic carbocycles. The van der Waals surface area contributed by atoms with Gasteiger partial charge in [0.1, 0.15) is 12.1 Å². The fourth-order valence-corrected chi connectivity index (χ4v) is 4.94. The van der Waals surface area contributed by atoms with Crippen LogP contribution in [-0.2, 0) is 10.0 Å². The summed E-state index contributed by atoms with van der Waals surface area (Å²) in [7, 11) is -1.69. The molecule has 0 aliphatic heterocycles. The Morgan fingerprint density at radius 1 is 1.12 bits per heavy atom. The number of methoxy groups -OCH3 is 1. The zero-order valence-corrected chi connectivity index (χ0v) is 19.7. The predicted octanol–water partition coefficient (Wildman–Crippen LogP) is 4.41. The van der Waals surface area contributed by atoms with Crippen LogP contribution in [0.1, 0.15) is 25.7 Å². The number of sulfonamides is 1. The van der Waals surface area contributed by atoms with Gasteiger partial charge < -0.3 is 14.8 Å². The van der Waals surface area contributed by atoms with E-state index in [2.05, 4.69) is 20.0 Å². The first-order valence-electron chi connectivity index (χ1n) is 10.4. The van der Waals surface area contributed by atoms with Crippen LogP contribution in [-0.4, -0.2) is 43.9 Å². The topological polar surface area (TPSA) is 102 Å². The van der Waals surface area contributed by atoms with E-state index in [1.54, 1.807) is 31.4 Å². The van der Waals surface area contributed by atoms with Gasteiger partial charge in [0.15, 0.2) is 17.3 Å². The quantitative estimate of drug-likeness (QED) is 0.501. The van der Waals surface area contributed by atoms with Crippen molar-refractivity contribution in [1.29, 1.82) is 0 Å². The summed E-state index contributed by atoms with van der Waals surface area (Å²) in [5, 5.41) is 3.61. The van der Waals surface area contributed by atoms with Gasteiger partial charge in [-0.1, -0.05) is 17.7 Å². The van der Waals surface area contributed by atoms with E-state index in [9.17, 15) is 12.8 Å². The summed E-state index contributed by atoms with van der Waals surface area (Å²) < 4.78 is 51.7. The minimum Gasteiger partial charge on any atom is -0.493 e. The molecule has 2 N–H and O–H groups in total. The monoisotopic (exact) mass is 494 g/mol. The summed E-state index contributed by atoms with van der Waals surface area (Å²) in [5.74, 6) is 0.844. The number of halogens is 2. The van der Waals surface area contributed by atoms with Crippen molar-refractivity contribution in [2.45, 2.75) is 37.8 Å². The molecule has 0 amide bonds. The lowest BCUT2D eigenvalue weighted by Gasteiger charge is -2.29. The molecule has 0 bridgehead atoms. The van der Waals surface area contributed by atoms with Gasteiger partial charge in [0, 0.05) is 17.5 Å². The average molecular weight is 495 g/mol. The zero-order valence-electron chi connectivity index (χ0n) is 18.1. The second kappa shape index (κ2) is 9.66. The van der Waals surface area contributed by atoms with E-state index in [-0.39, 0.29) is 22.9 Å². The lowest BCUT2D eigenvalue weighted by molar-refractivity contribution is 0.140. The Labute approximate surface area is 196 Å². The Kier molecular flexibility index (Phi) is 6.87. The molecular formula is C22H24ClFN4O4S. The van der Waals surface area contributed by atoms with Crippen LogP contribution >= 0.6 is 11.6 Å². The van der Waals surface area contributed by atoms with E-state index >= 15 is 0 Å². The number of hydrogen-bond donors (Lipinski definition) is 2. The van der Waals surface area contributed by atoms with Crippen molar-refractivity contribution < 1.29 is 22.3 Å². The Morgan fingerprint density at radius 3 is 2.58 bits per heavy atom. The van der Waals surface area contributed by atoms with Gasteiger partial charge in [-0.3, -0.25) is 0 Å². The molecule has 1 saturated carbocycles. The van der Waals surface area contributed by atoms with E-state index < -0.39 is 15.8 Å². The molecule has 0 spiro atoms. The third-order valence-corrected chi connectivity index (χ3v) is 6.53.